The summed E-state index contributed by atoms with van der Waals surface area (Å²) in [4.78, 5) is 10.3. The molecule has 4 heteroatoms. The maximum atomic E-state index is 10.3. The minimum Gasteiger partial charge on any atom is -0.621 e. The van der Waals surface area contributed by atoms with Crippen LogP contribution < -0.4 is 5.06 Å². The monoisotopic (exact) mass is 175 g/mol. The molecule has 0 saturated carbocycles. The van der Waals surface area contributed by atoms with E-state index in [1.807, 2.05) is 0 Å². The van der Waals surface area contributed by atoms with Gasteiger partial charge in [0, 0.05) is 25.6 Å². The van der Waals surface area contributed by atoms with Gasteiger partial charge in [-0.2, -0.15) is 0 Å². The van der Waals surface area contributed by atoms with Gasteiger partial charge in [-0.3, -0.25) is 5.06 Å². The fourth-order valence-corrected chi connectivity index (χ4v) is 0.450. The molecule has 0 aromatic heterocycles. The van der Waals surface area contributed by atoms with Crippen molar-refractivity contribution in [3.8, 4) is 0 Å². The zero-order chi connectivity index (χ0) is 5.98. The van der Waals surface area contributed by atoms with Crippen LogP contribution in [0.4, 0.5) is 0 Å². The number of nitrogens with one attached hydrogen (secondary N) is 1. The fourth-order valence-electron chi connectivity index (χ4n) is 0.450. The standard InChI is InChI=1S/C5H5NO2.Zn/c7-5-3-1-2-4-6(5)8;/h1-4,6H;. The average molecular weight is 176 g/mol. The molecule has 1 amide bonds. The van der Waals surface area contributed by atoms with Crippen molar-refractivity contribution in [2.75, 3.05) is 0 Å². The molecule has 0 radical (unpaired) electrons. The first-order chi connectivity index (χ1) is 3.80. The van der Waals surface area contributed by atoms with Gasteiger partial charge in [-0.1, -0.05) is 0 Å². The first-order valence-corrected chi connectivity index (χ1v) is 2.24. The number of carbonyl (C=O) groups is 1. The summed E-state index contributed by atoms with van der Waals surface area (Å²) >= 11 is 0. The van der Waals surface area contributed by atoms with Crippen LogP contribution in [0.5, 0.6) is 0 Å². The molecule has 1 rings (SSSR count). The van der Waals surface area contributed by atoms with E-state index < -0.39 is 11.0 Å². The van der Waals surface area contributed by atoms with E-state index in [2.05, 4.69) is 0 Å². The van der Waals surface area contributed by atoms with E-state index in [0.717, 1.165) is 0 Å². The Balaban J connectivity index is 0.000000640. The summed E-state index contributed by atoms with van der Waals surface area (Å²) in [5.41, 5.74) is 0. The molecule has 1 aliphatic rings. The van der Waals surface area contributed by atoms with Crippen LogP contribution in [0.3, 0.4) is 0 Å². The molecular formula is C5H5NO2Zn. The average Bonchev–Trinajstić information content (AvgIpc) is 1.77. The summed E-state index contributed by atoms with van der Waals surface area (Å²) in [7, 11) is 0. The molecule has 9 heavy (non-hydrogen) atoms. The van der Waals surface area contributed by atoms with E-state index in [1.165, 1.54) is 12.3 Å². The molecule has 0 spiro atoms. The van der Waals surface area contributed by atoms with Crippen molar-refractivity contribution in [3.05, 3.63) is 29.6 Å². The fraction of sp³-hybridized carbons (Fsp3) is 0. The van der Waals surface area contributed by atoms with E-state index in [4.69, 9.17) is 0 Å². The Hall–Kier alpha value is -0.307. The van der Waals surface area contributed by atoms with Gasteiger partial charge in [0.2, 0.25) is 0 Å². The van der Waals surface area contributed by atoms with Crippen molar-refractivity contribution in [1.29, 1.82) is 0 Å². The van der Waals surface area contributed by atoms with E-state index in [9.17, 15) is 10.0 Å². The number of hydrogen-bond acceptors (Lipinski definition) is 2. The van der Waals surface area contributed by atoms with Crippen molar-refractivity contribution >= 4 is 5.91 Å². The molecule has 1 unspecified atom stereocenters. The Bertz CT molecular complexity index is 164. The molecule has 1 atom stereocenters. The third kappa shape index (κ3) is 2.18. The molecule has 0 aliphatic carbocycles. The molecule has 1 N–H and O–H groups in total. The molecule has 44 valence electrons. The van der Waals surface area contributed by atoms with E-state index in [1.54, 1.807) is 12.2 Å². The van der Waals surface area contributed by atoms with Crippen LogP contribution >= 0.6 is 0 Å². The Kier molecular flexibility index (Phi) is 3.54. The zero-order valence-corrected chi connectivity index (χ0v) is 7.80. The number of hydroxylamine groups is 2. The molecule has 3 nitrogen and oxygen atoms in total. The van der Waals surface area contributed by atoms with Crippen molar-refractivity contribution in [2.45, 2.75) is 0 Å². The molecule has 0 saturated heterocycles. The van der Waals surface area contributed by atoms with Crippen LogP contribution in [0.2, 0.25) is 0 Å². The first-order valence-electron chi connectivity index (χ1n) is 2.24. The van der Waals surface area contributed by atoms with E-state index in [-0.39, 0.29) is 19.5 Å². The molecule has 1 aliphatic heterocycles. The third-order valence-electron chi connectivity index (χ3n) is 0.849. The Labute approximate surface area is 65.4 Å². The van der Waals surface area contributed by atoms with Crippen molar-refractivity contribution in [1.82, 2.24) is 0 Å². The van der Waals surface area contributed by atoms with Crippen LogP contribution in [0, 0.1) is 5.21 Å². The normalized spacial score (nSPS) is 23.7. The Morgan fingerprint density at radius 3 is 2.44 bits per heavy atom. The number of allylic oxidation sites excluding steroid dienone is 2. The second-order valence-corrected chi connectivity index (χ2v) is 1.45. The second-order valence-electron chi connectivity index (χ2n) is 1.45. The number of hydrogen-bond donors (Lipinski definition) is 1. The van der Waals surface area contributed by atoms with Gasteiger partial charge in [0.25, 0.3) is 0 Å². The van der Waals surface area contributed by atoms with Gasteiger partial charge < -0.3 is 5.21 Å². The summed E-state index contributed by atoms with van der Waals surface area (Å²) in [6.07, 6.45) is 5.60. The van der Waals surface area contributed by atoms with E-state index >= 15 is 0 Å². The van der Waals surface area contributed by atoms with Crippen molar-refractivity contribution in [2.24, 2.45) is 0 Å². The quantitative estimate of drug-likeness (QED) is 0.379. The topological polar surface area (TPSA) is 44.6 Å². The molecule has 0 aromatic carbocycles. The second kappa shape index (κ2) is 3.67. The molecular weight excluding hydrogens is 171 g/mol. The van der Waals surface area contributed by atoms with Gasteiger partial charge >= 0.3 is 5.91 Å². The maximum absolute atomic E-state index is 10.3. The van der Waals surface area contributed by atoms with Crippen molar-refractivity contribution in [3.63, 3.8) is 0 Å². The van der Waals surface area contributed by atoms with Gasteiger partial charge in [-0.25, -0.2) is 4.79 Å². The summed E-state index contributed by atoms with van der Waals surface area (Å²) in [5, 5.41) is 9.87. The first kappa shape index (κ1) is 8.69. The SMILES string of the molecule is O=C1C=CC=C[NH+]1[O-].[Zn]. The predicted molar refractivity (Wildman–Crippen MR) is 27.6 cm³/mol. The zero-order valence-electron chi connectivity index (χ0n) is 4.83. The number of amides is 1. The minimum atomic E-state index is -0.437. The molecule has 0 aromatic rings. The minimum absolute atomic E-state index is 0. The molecule has 1 heterocycles. The van der Waals surface area contributed by atoms with Crippen LogP contribution in [-0.4, -0.2) is 5.91 Å². The van der Waals surface area contributed by atoms with Crippen LogP contribution in [0.15, 0.2) is 24.4 Å². The molecule has 0 fully saturated rings. The van der Waals surface area contributed by atoms with Gasteiger partial charge in [0.1, 0.15) is 6.20 Å². The van der Waals surface area contributed by atoms with Crippen LogP contribution in [0.1, 0.15) is 0 Å². The Morgan fingerprint density at radius 2 is 2.11 bits per heavy atom. The van der Waals surface area contributed by atoms with Gasteiger partial charge in [-0.05, 0) is 12.2 Å². The summed E-state index contributed by atoms with van der Waals surface area (Å²) in [6, 6.07) is 0. The van der Waals surface area contributed by atoms with E-state index in [0.29, 0.717) is 0 Å². The smallest absolute Gasteiger partial charge is 0.341 e. The Morgan fingerprint density at radius 1 is 1.44 bits per heavy atom. The maximum Gasteiger partial charge on any atom is 0.341 e. The van der Waals surface area contributed by atoms with Crippen molar-refractivity contribution < 1.29 is 29.3 Å². The predicted octanol–water partition coefficient (Wildman–Crippen LogP) is -1.02. The number of carbonyl (C=O) groups excluding carboxylic acids is 1. The number of quaternary nitrogens is 1. The molecule has 0 bridgehead atoms. The summed E-state index contributed by atoms with van der Waals surface area (Å²) in [5.74, 6) is -0.437. The van der Waals surface area contributed by atoms with Crippen LogP contribution in [-0.2, 0) is 24.3 Å². The summed E-state index contributed by atoms with van der Waals surface area (Å²) in [6.45, 7) is 0. The van der Waals surface area contributed by atoms with Crippen LogP contribution in [0.25, 0.3) is 0 Å². The number of rotatable bonds is 0. The largest absolute Gasteiger partial charge is 0.621 e. The van der Waals surface area contributed by atoms with Gasteiger partial charge in [0.15, 0.2) is 0 Å². The van der Waals surface area contributed by atoms with Gasteiger partial charge in [0.05, 0.1) is 0 Å². The summed E-state index contributed by atoms with van der Waals surface area (Å²) < 4.78 is 0. The third-order valence-corrected chi connectivity index (χ3v) is 0.849. The van der Waals surface area contributed by atoms with Gasteiger partial charge in [-0.15, -0.1) is 0 Å².